The van der Waals surface area contributed by atoms with Gasteiger partial charge in [0.15, 0.2) is 0 Å². The van der Waals surface area contributed by atoms with Crippen LogP contribution < -0.4 is 4.72 Å². The predicted molar refractivity (Wildman–Crippen MR) is 94.9 cm³/mol. The highest BCUT2D eigenvalue weighted by Gasteiger charge is 2.24. The molecule has 1 N–H and O–H groups in total. The van der Waals surface area contributed by atoms with Crippen LogP contribution in [-0.2, 0) is 10.0 Å². The fraction of sp³-hybridized carbons (Fsp3) is 0.158. The van der Waals surface area contributed by atoms with Crippen molar-refractivity contribution in [2.24, 2.45) is 0 Å². The Morgan fingerprint density at radius 3 is 2.09 bits per heavy atom. The van der Waals surface area contributed by atoms with E-state index in [4.69, 9.17) is 0 Å². The van der Waals surface area contributed by atoms with Gasteiger partial charge in [-0.15, -0.1) is 13.2 Å². The summed E-state index contributed by atoms with van der Waals surface area (Å²) in [5.74, 6) is -0.186. The summed E-state index contributed by atoms with van der Waals surface area (Å²) in [6.45, 7) is 9.53. The number of hydrogen-bond donors (Lipinski definition) is 1. The highest BCUT2D eigenvalue weighted by Crippen LogP contribution is 2.23. The third-order valence-corrected chi connectivity index (χ3v) is 5.18. The first-order valence-corrected chi connectivity index (χ1v) is 8.85. The van der Waals surface area contributed by atoms with Gasteiger partial charge in [0.2, 0.25) is 10.0 Å². The summed E-state index contributed by atoms with van der Waals surface area (Å²) in [5.41, 5.74) is 2.00. The highest BCUT2D eigenvalue weighted by atomic mass is 32.2. The normalized spacial score (nSPS) is 14.0. The van der Waals surface area contributed by atoms with Crippen LogP contribution in [-0.4, -0.2) is 14.5 Å². The average molecular weight is 327 g/mol. The Bertz CT molecular complexity index is 765. The molecule has 2 rings (SSSR count). The van der Waals surface area contributed by atoms with Crippen LogP contribution in [0.2, 0.25) is 0 Å². The minimum Gasteiger partial charge on any atom is -0.207 e. The van der Waals surface area contributed by atoms with Crippen molar-refractivity contribution in [3.63, 3.8) is 0 Å². The Morgan fingerprint density at radius 2 is 1.57 bits per heavy atom. The first-order valence-electron chi connectivity index (χ1n) is 7.37. The smallest absolute Gasteiger partial charge is 0.207 e. The summed E-state index contributed by atoms with van der Waals surface area (Å²) in [7, 11) is -3.62. The first kappa shape index (κ1) is 17.2. The van der Waals surface area contributed by atoms with Gasteiger partial charge in [-0.2, -0.15) is 0 Å². The largest absolute Gasteiger partial charge is 0.241 e. The van der Waals surface area contributed by atoms with Crippen molar-refractivity contribution in [3.8, 4) is 0 Å². The fourth-order valence-electron chi connectivity index (χ4n) is 2.40. The lowest BCUT2D eigenvalue weighted by Crippen LogP contribution is -2.37. The van der Waals surface area contributed by atoms with Crippen LogP contribution in [0.1, 0.15) is 17.0 Å². The molecule has 3 nitrogen and oxygen atoms in total. The maximum Gasteiger partial charge on any atom is 0.241 e. The van der Waals surface area contributed by atoms with Gasteiger partial charge in [-0.3, -0.25) is 0 Å². The molecule has 23 heavy (non-hydrogen) atoms. The lowest BCUT2D eigenvalue weighted by Gasteiger charge is -2.23. The summed E-state index contributed by atoms with van der Waals surface area (Å²) in [6, 6.07) is 15.9. The third kappa shape index (κ3) is 4.18. The second-order valence-corrected chi connectivity index (χ2v) is 7.08. The second kappa shape index (κ2) is 7.40. The monoisotopic (exact) mass is 327 g/mol. The van der Waals surface area contributed by atoms with Crippen LogP contribution in [0.5, 0.6) is 0 Å². The van der Waals surface area contributed by atoms with E-state index in [2.05, 4.69) is 17.9 Å². The van der Waals surface area contributed by atoms with Crippen molar-refractivity contribution in [3.05, 3.63) is 91.0 Å². The molecule has 0 aliphatic carbocycles. The molecular formula is C19H21NO2S. The second-order valence-electron chi connectivity index (χ2n) is 5.37. The van der Waals surface area contributed by atoms with Crippen LogP contribution in [0.25, 0.3) is 0 Å². The van der Waals surface area contributed by atoms with E-state index in [9.17, 15) is 8.42 Å². The zero-order chi connectivity index (χ0) is 16.9. The Balaban J connectivity index is 2.29. The summed E-state index contributed by atoms with van der Waals surface area (Å²) in [6.07, 6.45) is 3.34. The van der Waals surface area contributed by atoms with Crippen molar-refractivity contribution in [1.82, 2.24) is 4.72 Å². The predicted octanol–water partition coefficient (Wildman–Crippen LogP) is 3.80. The zero-order valence-corrected chi connectivity index (χ0v) is 14.0. The van der Waals surface area contributed by atoms with Gasteiger partial charge in [-0.25, -0.2) is 13.1 Å². The molecule has 0 spiro atoms. The van der Waals surface area contributed by atoms with Gasteiger partial charge < -0.3 is 0 Å². The average Bonchev–Trinajstić information content (AvgIpc) is 2.56. The van der Waals surface area contributed by atoms with Crippen LogP contribution >= 0.6 is 0 Å². The maximum absolute atomic E-state index is 12.6. The fourth-order valence-corrected chi connectivity index (χ4v) is 3.63. The number of sulfonamides is 1. The van der Waals surface area contributed by atoms with Gasteiger partial charge in [0.05, 0.1) is 10.9 Å². The number of rotatable bonds is 7. The Morgan fingerprint density at radius 1 is 0.957 bits per heavy atom. The Hall–Kier alpha value is -2.17. The summed E-state index contributed by atoms with van der Waals surface area (Å²) < 4.78 is 27.9. The zero-order valence-electron chi connectivity index (χ0n) is 13.1. The van der Waals surface area contributed by atoms with Gasteiger partial charge in [-0.05, 0) is 24.6 Å². The third-order valence-electron chi connectivity index (χ3n) is 3.70. The Kier molecular flexibility index (Phi) is 5.53. The van der Waals surface area contributed by atoms with Crippen molar-refractivity contribution in [1.29, 1.82) is 0 Å². The molecule has 0 aliphatic heterocycles. The number of hydrogen-bond acceptors (Lipinski definition) is 2. The number of nitrogens with one attached hydrogen (secondary N) is 1. The molecule has 2 atom stereocenters. The number of aryl methyl sites for hydroxylation is 1. The molecule has 0 aliphatic rings. The maximum atomic E-state index is 12.6. The summed E-state index contributed by atoms with van der Waals surface area (Å²) in [4.78, 5) is 0.242. The van der Waals surface area contributed by atoms with E-state index in [0.717, 1.165) is 11.1 Å². The van der Waals surface area contributed by atoms with Crippen LogP contribution in [0.4, 0.5) is 0 Å². The quantitative estimate of drug-likeness (QED) is 0.786. The standard InChI is InChI=1S/C19H21NO2S/c1-4-18(16-9-7-6-8-10-16)19(5-2)20-23(21,22)17-13-11-15(3)12-14-17/h4-14,18-20H,1-2H2,3H3. The highest BCUT2D eigenvalue weighted by molar-refractivity contribution is 7.89. The van der Waals surface area contributed by atoms with E-state index in [1.165, 1.54) is 0 Å². The van der Waals surface area contributed by atoms with Crippen molar-refractivity contribution < 1.29 is 8.42 Å². The molecule has 0 saturated heterocycles. The Labute approximate surface area is 138 Å². The van der Waals surface area contributed by atoms with Gasteiger partial charge in [0, 0.05) is 5.92 Å². The van der Waals surface area contributed by atoms with E-state index >= 15 is 0 Å². The van der Waals surface area contributed by atoms with E-state index in [0.29, 0.717) is 0 Å². The molecule has 0 heterocycles. The molecule has 2 aromatic rings. The molecule has 4 heteroatoms. The van der Waals surface area contributed by atoms with Gasteiger partial charge in [0.1, 0.15) is 0 Å². The molecule has 2 unspecified atom stereocenters. The van der Waals surface area contributed by atoms with E-state index in [1.54, 1.807) is 36.4 Å². The molecule has 0 amide bonds. The van der Waals surface area contributed by atoms with E-state index in [1.807, 2.05) is 37.3 Å². The van der Waals surface area contributed by atoms with Crippen molar-refractivity contribution in [2.75, 3.05) is 0 Å². The van der Waals surface area contributed by atoms with E-state index in [-0.39, 0.29) is 10.8 Å². The van der Waals surface area contributed by atoms with Gasteiger partial charge >= 0.3 is 0 Å². The molecule has 2 aromatic carbocycles. The van der Waals surface area contributed by atoms with Crippen LogP contribution in [0.3, 0.4) is 0 Å². The number of benzene rings is 2. The van der Waals surface area contributed by atoms with Gasteiger partial charge in [0.25, 0.3) is 0 Å². The first-order chi connectivity index (χ1) is 11.0. The molecule has 0 saturated carbocycles. The lowest BCUT2D eigenvalue weighted by atomic mass is 9.92. The van der Waals surface area contributed by atoms with E-state index < -0.39 is 16.1 Å². The molecule has 120 valence electrons. The minimum absolute atomic E-state index is 0.186. The SMILES string of the molecule is C=CC(NS(=O)(=O)c1ccc(C)cc1)C(C=C)c1ccccc1. The van der Waals surface area contributed by atoms with Crippen LogP contribution in [0.15, 0.2) is 84.8 Å². The van der Waals surface area contributed by atoms with Gasteiger partial charge in [-0.1, -0.05) is 60.2 Å². The molecule has 0 aromatic heterocycles. The molecule has 0 radical (unpaired) electrons. The van der Waals surface area contributed by atoms with Crippen molar-refractivity contribution in [2.45, 2.75) is 23.8 Å². The van der Waals surface area contributed by atoms with Crippen molar-refractivity contribution >= 4 is 10.0 Å². The molecule has 0 fully saturated rings. The minimum atomic E-state index is -3.62. The summed E-state index contributed by atoms with van der Waals surface area (Å²) in [5, 5.41) is 0. The summed E-state index contributed by atoms with van der Waals surface area (Å²) >= 11 is 0. The molecule has 0 bridgehead atoms. The molecular weight excluding hydrogens is 306 g/mol. The lowest BCUT2D eigenvalue weighted by molar-refractivity contribution is 0.561. The van der Waals surface area contributed by atoms with Crippen LogP contribution in [0, 0.1) is 6.92 Å². The topological polar surface area (TPSA) is 46.2 Å².